The number of methoxy groups -OCH3 is 1. The van der Waals surface area contributed by atoms with E-state index in [1.165, 1.54) is 7.11 Å². The van der Waals surface area contributed by atoms with Gasteiger partial charge in [0.25, 0.3) is 0 Å². The Morgan fingerprint density at radius 1 is 1.50 bits per heavy atom. The highest BCUT2D eigenvalue weighted by Gasteiger charge is 2.23. The van der Waals surface area contributed by atoms with Crippen LogP contribution < -0.4 is 5.32 Å². The number of piperidine rings is 1. The summed E-state index contributed by atoms with van der Waals surface area (Å²) in [6.45, 7) is 3.31. The van der Waals surface area contributed by atoms with E-state index in [0.29, 0.717) is 22.7 Å². The second-order valence-electron chi connectivity index (χ2n) is 5.38. The lowest BCUT2D eigenvalue weighted by atomic mass is 9.98. The molecule has 4 nitrogen and oxygen atoms in total. The Morgan fingerprint density at radius 3 is 2.90 bits per heavy atom. The Morgan fingerprint density at radius 2 is 2.25 bits per heavy atom. The molecule has 1 aliphatic rings. The van der Waals surface area contributed by atoms with Crippen LogP contribution in [0.4, 0.5) is 5.69 Å². The average Bonchev–Trinajstić information content (AvgIpc) is 2.44. The third-order valence-electron chi connectivity index (χ3n) is 3.95. The summed E-state index contributed by atoms with van der Waals surface area (Å²) >= 11 is 6.02. The first-order chi connectivity index (χ1) is 9.51. The van der Waals surface area contributed by atoms with Crippen molar-refractivity contribution in [1.29, 1.82) is 0 Å². The minimum Gasteiger partial charge on any atom is -0.465 e. The van der Waals surface area contributed by atoms with Crippen molar-refractivity contribution in [2.24, 2.45) is 0 Å². The number of likely N-dealkylation sites (tertiary alicyclic amines) is 1. The predicted octanol–water partition coefficient (Wildman–Crippen LogP) is 3.02. The molecular formula is C15H21ClN2O2. The van der Waals surface area contributed by atoms with Gasteiger partial charge in [0.1, 0.15) is 0 Å². The zero-order valence-electron chi connectivity index (χ0n) is 12.1. The van der Waals surface area contributed by atoms with Gasteiger partial charge in [-0.25, -0.2) is 4.79 Å². The third-order valence-corrected chi connectivity index (χ3v) is 4.28. The first-order valence-electron chi connectivity index (χ1n) is 6.86. The molecule has 0 bridgehead atoms. The van der Waals surface area contributed by atoms with Crippen LogP contribution in [0.2, 0.25) is 5.02 Å². The van der Waals surface area contributed by atoms with Crippen LogP contribution >= 0.6 is 11.6 Å². The first kappa shape index (κ1) is 15.1. The molecule has 1 fully saturated rings. The summed E-state index contributed by atoms with van der Waals surface area (Å²) in [7, 11) is 3.51. The Balaban J connectivity index is 2.08. The maximum atomic E-state index is 11.6. The maximum Gasteiger partial charge on any atom is 0.339 e. The molecule has 0 saturated carbocycles. The summed E-state index contributed by atoms with van der Waals surface area (Å²) < 4.78 is 4.74. The fourth-order valence-electron chi connectivity index (χ4n) is 2.54. The molecule has 110 valence electrons. The van der Waals surface area contributed by atoms with E-state index in [0.717, 1.165) is 25.1 Å². The molecule has 2 unspecified atom stereocenters. The van der Waals surface area contributed by atoms with Crippen LogP contribution in [0.3, 0.4) is 0 Å². The van der Waals surface area contributed by atoms with Crippen LogP contribution in [0.5, 0.6) is 0 Å². The molecule has 1 heterocycles. The molecule has 0 amide bonds. The molecular weight excluding hydrogens is 276 g/mol. The van der Waals surface area contributed by atoms with E-state index in [2.05, 4.69) is 24.2 Å². The lowest BCUT2D eigenvalue weighted by molar-refractivity contribution is 0.0601. The minimum atomic E-state index is -0.407. The number of hydrogen-bond acceptors (Lipinski definition) is 4. The number of nitrogens with zero attached hydrogens (tertiary/aromatic N) is 1. The molecule has 0 radical (unpaired) electrons. The number of hydrogen-bond donors (Lipinski definition) is 1. The van der Waals surface area contributed by atoms with E-state index >= 15 is 0 Å². The summed E-state index contributed by atoms with van der Waals surface area (Å²) in [5.74, 6) is -0.407. The van der Waals surface area contributed by atoms with Crippen LogP contribution in [0.1, 0.15) is 30.1 Å². The monoisotopic (exact) mass is 296 g/mol. The summed E-state index contributed by atoms with van der Waals surface area (Å²) in [5.41, 5.74) is 1.32. The predicted molar refractivity (Wildman–Crippen MR) is 81.5 cm³/mol. The number of benzene rings is 1. The van der Waals surface area contributed by atoms with Gasteiger partial charge in [-0.3, -0.25) is 0 Å². The van der Waals surface area contributed by atoms with Gasteiger partial charge in [0.15, 0.2) is 0 Å². The van der Waals surface area contributed by atoms with E-state index in [1.807, 2.05) is 6.07 Å². The third kappa shape index (κ3) is 3.44. The SMILES string of the molecule is COC(=O)c1cc(NC2CCN(C)C(C)C2)ccc1Cl. The summed E-state index contributed by atoms with van der Waals surface area (Å²) in [5, 5.41) is 3.90. The van der Waals surface area contributed by atoms with Gasteiger partial charge in [0, 0.05) is 24.3 Å². The number of anilines is 1. The van der Waals surface area contributed by atoms with Crippen molar-refractivity contribution >= 4 is 23.3 Å². The largest absolute Gasteiger partial charge is 0.465 e. The molecule has 1 saturated heterocycles. The van der Waals surface area contributed by atoms with Gasteiger partial charge in [-0.2, -0.15) is 0 Å². The second-order valence-corrected chi connectivity index (χ2v) is 5.79. The Hall–Kier alpha value is -1.26. The first-order valence-corrected chi connectivity index (χ1v) is 7.23. The number of esters is 1. The Labute approximate surface area is 125 Å². The number of ether oxygens (including phenoxy) is 1. The maximum absolute atomic E-state index is 11.6. The van der Waals surface area contributed by atoms with Gasteiger partial charge in [0.2, 0.25) is 0 Å². The highest BCUT2D eigenvalue weighted by atomic mass is 35.5. The molecule has 2 atom stereocenters. The topological polar surface area (TPSA) is 41.6 Å². The minimum absolute atomic E-state index is 0.403. The number of carbonyl (C=O) groups is 1. The number of nitrogens with one attached hydrogen (secondary N) is 1. The van der Waals surface area contributed by atoms with Crippen molar-refractivity contribution in [3.8, 4) is 0 Å². The van der Waals surface area contributed by atoms with Crippen molar-refractivity contribution in [2.75, 3.05) is 26.0 Å². The highest BCUT2D eigenvalue weighted by molar-refractivity contribution is 6.33. The van der Waals surface area contributed by atoms with Crippen LogP contribution in [0, 0.1) is 0 Å². The lowest BCUT2D eigenvalue weighted by Crippen LogP contribution is -2.42. The number of carbonyl (C=O) groups excluding carboxylic acids is 1. The molecule has 0 aliphatic carbocycles. The van der Waals surface area contributed by atoms with Gasteiger partial charge < -0.3 is 15.0 Å². The standard InChI is InChI=1S/C15H21ClN2O2/c1-10-8-12(6-7-18(10)2)17-11-4-5-14(16)13(9-11)15(19)20-3/h4-5,9-10,12,17H,6-8H2,1-3H3. The summed E-state index contributed by atoms with van der Waals surface area (Å²) in [4.78, 5) is 14.0. The molecule has 1 aromatic rings. The quantitative estimate of drug-likeness (QED) is 0.871. The summed E-state index contributed by atoms with van der Waals surface area (Å²) in [6, 6.07) is 6.38. The number of rotatable bonds is 3. The van der Waals surface area contributed by atoms with Crippen LogP contribution in [-0.2, 0) is 4.74 Å². The van der Waals surface area contributed by atoms with Crippen molar-refractivity contribution in [2.45, 2.75) is 31.8 Å². The van der Waals surface area contributed by atoms with Crippen molar-refractivity contribution in [3.05, 3.63) is 28.8 Å². The molecule has 1 N–H and O–H groups in total. The second kappa shape index (κ2) is 6.46. The molecule has 20 heavy (non-hydrogen) atoms. The van der Waals surface area contributed by atoms with E-state index in [9.17, 15) is 4.79 Å². The zero-order chi connectivity index (χ0) is 14.7. The molecule has 0 spiro atoms. The van der Waals surface area contributed by atoms with Gasteiger partial charge in [-0.15, -0.1) is 0 Å². The molecule has 1 aromatic carbocycles. The van der Waals surface area contributed by atoms with Crippen molar-refractivity contribution in [3.63, 3.8) is 0 Å². The highest BCUT2D eigenvalue weighted by Crippen LogP contribution is 2.24. The van der Waals surface area contributed by atoms with Crippen LogP contribution in [0.15, 0.2) is 18.2 Å². The smallest absolute Gasteiger partial charge is 0.339 e. The Bertz CT molecular complexity index is 493. The van der Waals surface area contributed by atoms with Crippen molar-refractivity contribution < 1.29 is 9.53 Å². The van der Waals surface area contributed by atoms with Gasteiger partial charge in [-0.05, 0) is 45.0 Å². The van der Waals surface area contributed by atoms with E-state index in [4.69, 9.17) is 16.3 Å². The van der Waals surface area contributed by atoms with Gasteiger partial charge in [0.05, 0.1) is 17.7 Å². The van der Waals surface area contributed by atoms with E-state index in [-0.39, 0.29) is 0 Å². The van der Waals surface area contributed by atoms with E-state index < -0.39 is 5.97 Å². The van der Waals surface area contributed by atoms with Crippen LogP contribution in [-0.4, -0.2) is 43.7 Å². The average molecular weight is 297 g/mol. The Kier molecular flexibility index (Phi) is 4.89. The van der Waals surface area contributed by atoms with Crippen molar-refractivity contribution in [1.82, 2.24) is 4.90 Å². The fraction of sp³-hybridized carbons (Fsp3) is 0.533. The molecule has 5 heteroatoms. The normalized spacial score (nSPS) is 23.4. The molecule has 0 aromatic heterocycles. The van der Waals surface area contributed by atoms with Gasteiger partial charge >= 0.3 is 5.97 Å². The number of halogens is 1. The van der Waals surface area contributed by atoms with Crippen LogP contribution in [0.25, 0.3) is 0 Å². The summed E-state index contributed by atoms with van der Waals surface area (Å²) in [6.07, 6.45) is 2.18. The molecule has 2 rings (SSSR count). The van der Waals surface area contributed by atoms with E-state index in [1.54, 1.807) is 12.1 Å². The lowest BCUT2D eigenvalue weighted by Gasteiger charge is -2.35. The zero-order valence-corrected chi connectivity index (χ0v) is 12.9. The fourth-order valence-corrected chi connectivity index (χ4v) is 2.73. The van der Waals surface area contributed by atoms with Gasteiger partial charge in [-0.1, -0.05) is 11.6 Å². The molecule has 1 aliphatic heterocycles.